The number of halogens is 1. The van der Waals surface area contributed by atoms with Crippen molar-refractivity contribution in [3.05, 3.63) is 90.2 Å². The lowest BCUT2D eigenvalue weighted by molar-refractivity contribution is -0.117. The largest absolute Gasteiger partial charge is 0.468 e. The van der Waals surface area contributed by atoms with Gasteiger partial charge in [-0.3, -0.25) is 9.69 Å². The van der Waals surface area contributed by atoms with Gasteiger partial charge in [-0.05, 0) is 55.5 Å². The Labute approximate surface area is 172 Å². The highest BCUT2D eigenvalue weighted by Crippen LogP contribution is 2.18. The summed E-state index contributed by atoms with van der Waals surface area (Å²) >= 11 is 0. The van der Waals surface area contributed by atoms with E-state index in [0.29, 0.717) is 24.6 Å². The predicted molar refractivity (Wildman–Crippen MR) is 108 cm³/mol. The van der Waals surface area contributed by atoms with E-state index in [9.17, 15) is 9.18 Å². The summed E-state index contributed by atoms with van der Waals surface area (Å²) in [7, 11) is 0. The van der Waals surface area contributed by atoms with Crippen LogP contribution in [0.1, 0.15) is 17.2 Å². The second kappa shape index (κ2) is 8.79. The summed E-state index contributed by atoms with van der Waals surface area (Å²) in [5.41, 5.74) is 1.39. The van der Waals surface area contributed by atoms with Crippen LogP contribution >= 0.6 is 0 Å². The Morgan fingerprint density at radius 1 is 1.07 bits per heavy atom. The maximum Gasteiger partial charge on any atom is 0.239 e. The predicted octanol–water partition coefficient (Wildman–Crippen LogP) is 4.15. The first kappa shape index (κ1) is 19.7. The number of carbonyl (C=O) groups is 1. The Hall–Kier alpha value is -3.65. The van der Waals surface area contributed by atoms with Crippen molar-refractivity contribution in [1.82, 2.24) is 14.7 Å². The molecule has 0 bridgehead atoms. The molecular formula is C22H21FN4O3. The average Bonchev–Trinajstić information content (AvgIpc) is 3.46. The van der Waals surface area contributed by atoms with Gasteiger partial charge in [0.1, 0.15) is 23.2 Å². The van der Waals surface area contributed by atoms with E-state index in [1.54, 1.807) is 35.4 Å². The number of nitrogens with one attached hydrogen (secondary N) is 1. The number of anilines is 1. The fourth-order valence-electron chi connectivity index (χ4n) is 3.17. The fourth-order valence-corrected chi connectivity index (χ4v) is 3.17. The monoisotopic (exact) mass is 408 g/mol. The van der Waals surface area contributed by atoms with Crippen molar-refractivity contribution in [3.8, 4) is 5.69 Å². The van der Waals surface area contributed by atoms with E-state index in [0.717, 1.165) is 17.2 Å². The molecule has 8 heteroatoms. The SMILES string of the molecule is Cc1cc(NC(=O)CN(Cc2ccco2)Cc2ccco2)n(-c2ccc(F)cc2)n1. The molecule has 1 amide bonds. The lowest BCUT2D eigenvalue weighted by atomic mass is 10.3. The zero-order chi connectivity index (χ0) is 20.9. The molecule has 4 aromatic rings. The first-order valence-electron chi connectivity index (χ1n) is 9.46. The maximum absolute atomic E-state index is 13.3. The summed E-state index contributed by atoms with van der Waals surface area (Å²) in [5.74, 6) is 1.47. The molecule has 0 saturated carbocycles. The van der Waals surface area contributed by atoms with E-state index in [2.05, 4.69) is 10.4 Å². The lowest BCUT2D eigenvalue weighted by Crippen LogP contribution is -2.32. The quantitative estimate of drug-likeness (QED) is 0.474. The Morgan fingerprint density at radius 2 is 1.70 bits per heavy atom. The van der Waals surface area contributed by atoms with E-state index in [1.807, 2.05) is 36.1 Å². The van der Waals surface area contributed by atoms with E-state index in [4.69, 9.17) is 8.83 Å². The lowest BCUT2D eigenvalue weighted by Gasteiger charge is -2.19. The molecule has 3 heterocycles. The standard InChI is InChI=1S/C22H21FN4O3/c1-16-12-21(27(25-16)18-8-6-17(23)7-9-18)24-22(28)15-26(13-19-4-2-10-29-19)14-20-5-3-11-30-20/h2-12H,13-15H2,1H3,(H,24,28). The van der Waals surface area contributed by atoms with Gasteiger partial charge in [-0.25, -0.2) is 9.07 Å². The van der Waals surface area contributed by atoms with E-state index < -0.39 is 0 Å². The molecule has 1 aromatic carbocycles. The number of rotatable bonds is 8. The van der Waals surface area contributed by atoms with Crippen molar-refractivity contribution in [1.29, 1.82) is 0 Å². The summed E-state index contributed by atoms with van der Waals surface area (Å²) < 4.78 is 25.7. The second-order valence-corrected chi connectivity index (χ2v) is 6.91. The van der Waals surface area contributed by atoms with Crippen LogP contribution in [-0.2, 0) is 17.9 Å². The number of amides is 1. The number of aryl methyl sites for hydroxylation is 1. The zero-order valence-electron chi connectivity index (χ0n) is 16.4. The third kappa shape index (κ3) is 4.84. The number of nitrogens with zero attached hydrogens (tertiary/aromatic N) is 3. The topological polar surface area (TPSA) is 76.4 Å². The summed E-state index contributed by atoms with van der Waals surface area (Å²) in [6.45, 7) is 2.86. The minimum atomic E-state index is -0.334. The number of furan rings is 2. The summed E-state index contributed by atoms with van der Waals surface area (Å²) in [6.07, 6.45) is 3.20. The van der Waals surface area contributed by atoms with Gasteiger partial charge in [0, 0.05) is 6.07 Å². The molecular weight excluding hydrogens is 387 g/mol. The highest BCUT2D eigenvalue weighted by molar-refractivity contribution is 5.91. The van der Waals surface area contributed by atoms with Crippen molar-refractivity contribution in [2.45, 2.75) is 20.0 Å². The minimum absolute atomic E-state index is 0.120. The van der Waals surface area contributed by atoms with Crippen molar-refractivity contribution >= 4 is 11.7 Å². The second-order valence-electron chi connectivity index (χ2n) is 6.91. The number of hydrogen-bond donors (Lipinski definition) is 1. The van der Waals surface area contributed by atoms with Crippen LogP contribution in [0, 0.1) is 12.7 Å². The maximum atomic E-state index is 13.3. The van der Waals surface area contributed by atoms with Crippen LogP contribution < -0.4 is 5.32 Å². The van der Waals surface area contributed by atoms with Crippen LogP contribution in [-0.4, -0.2) is 27.1 Å². The van der Waals surface area contributed by atoms with E-state index in [1.165, 1.54) is 12.1 Å². The van der Waals surface area contributed by atoms with Gasteiger partial charge in [-0.1, -0.05) is 0 Å². The molecule has 0 fully saturated rings. The Kier molecular flexibility index (Phi) is 5.76. The molecule has 0 radical (unpaired) electrons. The molecule has 0 aliphatic carbocycles. The van der Waals surface area contributed by atoms with Crippen molar-refractivity contribution in [3.63, 3.8) is 0 Å². The van der Waals surface area contributed by atoms with Gasteiger partial charge < -0.3 is 14.2 Å². The molecule has 0 spiro atoms. The molecule has 3 aromatic heterocycles. The number of hydrogen-bond acceptors (Lipinski definition) is 5. The smallest absolute Gasteiger partial charge is 0.239 e. The molecule has 0 saturated heterocycles. The van der Waals surface area contributed by atoms with Crippen LogP contribution in [0.2, 0.25) is 0 Å². The highest BCUT2D eigenvalue weighted by atomic mass is 19.1. The molecule has 0 aliphatic rings. The fraction of sp³-hybridized carbons (Fsp3) is 0.182. The number of carbonyl (C=O) groups excluding carboxylic acids is 1. The molecule has 4 rings (SSSR count). The van der Waals surface area contributed by atoms with Gasteiger partial charge >= 0.3 is 0 Å². The molecule has 0 unspecified atom stereocenters. The van der Waals surface area contributed by atoms with Gasteiger partial charge in [-0.15, -0.1) is 0 Å². The van der Waals surface area contributed by atoms with E-state index in [-0.39, 0.29) is 18.3 Å². The average molecular weight is 408 g/mol. The van der Waals surface area contributed by atoms with Gasteiger partial charge in [0.2, 0.25) is 5.91 Å². The Bertz CT molecular complexity index is 1050. The zero-order valence-corrected chi connectivity index (χ0v) is 16.4. The van der Waals surface area contributed by atoms with Crippen molar-refractivity contribution < 1.29 is 18.0 Å². The van der Waals surface area contributed by atoms with Crippen LogP contribution in [0.4, 0.5) is 10.2 Å². The van der Waals surface area contributed by atoms with Crippen LogP contribution in [0.5, 0.6) is 0 Å². The molecule has 0 atom stereocenters. The normalized spacial score (nSPS) is 11.2. The Morgan fingerprint density at radius 3 is 2.27 bits per heavy atom. The van der Waals surface area contributed by atoms with Crippen LogP contribution in [0.3, 0.4) is 0 Å². The highest BCUT2D eigenvalue weighted by Gasteiger charge is 2.17. The van der Waals surface area contributed by atoms with Gasteiger partial charge in [0.15, 0.2) is 0 Å². The minimum Gasteiger partial charge on any atom is -0.468 e. The molecule has 30 heavy (non-hydrogen) atoms. The first-order valence-corrected chi connectivity index (χ1v) is 9.46. The summed E-state index contributed by atoms with van der Waals surface area (Å²) in [6, 6.07) is 15.0. The third-order valence-corrected chi connectivity index (χ3v) is 4.46. The molecule has 1 N–H and O–H groups in total. The summed E-state index contributed by atoms with van der Waals surface area (Å²) in [4.78, 5) is 14.7. The number of aromatic nitrogens is 2. The Balaban J connectivity index is 1.48. The number of benzene rings is 1. The van der Waals surface area contributed by atoms with Crippen molar-refractivity contribution in [2.24, 2.45) is 0 Å². The third-order valence-electron chi connectivity index (χ3n) is 4.46. The molecule has 7 nitrogen and oxygen atoms in total. The van der Waals surface area contributed by atoms with Gasteiger partial charge in [-0.2, -0.15) is 5.10 Å². The summed E-state index contributed by atoms with van der Waals surface area (Å²) in [5, 5.41) is 7.30. The molecule has 154 valence electrons. The van der Waals surface area contributed by atoms with Gasteiger partial charge in [0.25, 0.3) is 0 Å². The van der Waals surface area contributed by atoms with Crippen molar-refractivity contribution in [2.75, 3.05) is 11.9 Å². The first-order chi connectivity index (χ1) is 14.6. The van der Waals surface area contributed by atoms with E-state index >= 15 is 0 Å². The molecule has 0 aliphatic heterocycles. The van der Waals surface area contributed by atoms with Crippen LogP contribution in [0.25, 0.3) is 5.69 Å². The van der Waals surface area contributed by atoms with Gasteiger partial charge in [0.05, 0.1) is 43.5 Å². The van der Waals surface area contributed by atoms with Crippen LogP contribution in [0.15, 0.2) is 76.0 Å².